The van der Waals surface area contributed by atoms with Crippen molar-refractivity contribution >= 4 is 68.0 Å². The van der Waals surface area contributed by atoms with E-state index >= 15 is 0 Å². The van der Waals surface area contributed by atoms with Crippen LogP contribution >= 0.6 is 50.5 Å². The van der Waals surface area contributed by atoms with Gasteiger partial charge in [0.25, 0.3) is 0 Å². The van der Waals surface area contributed by atoms with E-state index in [9.17, 15) is 9.59 Å². The summed E-state index contributed by atoms with van der Waals surface area (Å²) in [5, 5.41) is 6.30. The van der Waals surface area contributed by atoms with Crippen molar-refractivity contribution in [1.82, 2.24) is 15.3 Å². The van der Waals surface area contributed by atoms with E-state index in [1.165, 1.54) is 11.3 Å². The first-order valence-electron chi connectivity index (χ1n) is 7.13. The van der Waals surface area contributed by atoms with Gasteiger partial charge in [0.15, 0.2) is 0 Å². The lowest BCUT2D eigenvalue weighted by Crippen LogP contribution is -2.38. The van der Waals surface area contributed by atoms with Gasteiger partial charge in [-0.05, 0) is 11.4 Å². The highest BCUT2D eigenvalue weighted by Gasteiger charge is 2.48. The zero-order chi connectivity index (χ0) is 17.6. The van der Waals surface area contributed by atoms with Crippen LogP contribution in [0.25, 0.3) is 0 Å². The Morgan fingerprint density at radius 1 is 1.50 bits per heavy atom. The number of rotatable bonds is 3. The Morgan fingerprint density at radius 2 is 2.21 bits per heavy atom. The monoisotopic (exact) mass is 452 g/mol. The van der Waals surface area contributed by atoms with Gasteiger partial charge in [0, 0.05) is 36.7 Å². The van der Waals surface area contributed by atoms with Crippen LogP contribution in [0.3, 0.4) is 0 Å². The maximum absolute atomic E-state index is 12.8. The molecule has 0 aliphatic carbocycles. The lowest BCUT2D eigenvalue weighted by molar-refractivity contribution is -0.135. The molecule has 6 nitrogen and oxygen atoms in total. The fourth-order valence-electron chi connectivity index (χ4n) is 3.04. The van der Waals surface area contributed by atoms with Crippen LogP contribution in [0.2, 0.25) is 4.34 Å². The average Bonchev–Trinajstić information content (AvgIpc) is 3.11. The van der Waals surface area contributed by atoms with E-state index in [0.29, 0.717) is 16.6 Å². The standard InChI is InChI=1S/C14H15BrCl2N4O2S/c1-20-5-6(10-9(15)11(16)19-21(10)2)8(14(20)23)13(22)18-7-3-4-24-12(7)17/h3-4,6,8,11,19H,5H2,1-2H3,(H,18,22)/t6-,8-,11?/m0/s1. The Balaban J connectivity index is 1.90. The molecule has 130 valence electrons. The van der Waals surface area contributed by atoms with Crippen molar-refractivity contribution in [3.63, 3.8) is 0 Å². The van der Waals surface area contributed by atoms with Gasteiger partial charge in [-0.15, -0.1) is 11.3 Å². The van der Waals surface area contributed by atoms with Gasteiger partial charge in [0.1, 0.15) is 15.8 Å². The zero-order valence-electron chi connectivity index (χ0n) is 12.8. The second kappa shape index (κ2) is 6.84. The number of hydrogen-bond acceptors (Lipinski definition) is 5. The van der Waals surface area contributed by atoms with Crippen LogP contribution in [0, 0.1) is 11.8 Å². The van der Waals surface area contributed by atoms with E-state index in [1.54, 1.807) is 28.4 Å². The predicted molar refractivity (Wildman–Crippen MR) is 99.1 cm³/mol. The molecule has 1 aromatic rings. The summed E-state index contributed by atoms with van der Waals surface area (Å²) in [6.07, 6.45) is 0. The Labute approximate surface area is 161 Å². The number of thiophene rings is 1. The molecule has 0 spiro atoms. The minimum atomic E-state index is -0.834. The number of hydrazine groups is 1. The first-order valence-corrected chi connectivity index (χ1v) is 9.62. The van der Waals surface area contributed by atoms with Crippen LogP contribution in [0.15, 0.2) is 21.6 Å². The normalized spacial score (nSPS) is 27.4. The Hall–Kier alpha value is -0.800. The van der Waals surface area contributed by atoms with E-state index in [2.05, 4.69) is 26.7 Å². The van der Waals surface area contributed by atoms with Crippen molar-refractivity contribution < 1.29 is 9.59 Å². The molecule has 2 N–H and O–H groups in total. The summed E-state index contributed by atoms with van der Waals surface area (Å²) in [4.78, 5) is 26.9. The number of carbonyl (C=O) groups excluding carboxylic acids is 2. The quantitative estimate of drug-likeness (QED) is 0.419. The van der Waals surface area contributed by atoms with Gasteiger partial charge < -0.3 is 15.2 Å². The maximum atomic E-state index is 12.8. The van der Waals surface area contributed by atoms with Crippen molar-refractivity contribution in [2.45, 2.75) is 5.50 Å². The molecule has 3 atom stereocenters. The summed E-state index contributed by atoms with van der Waals surface area (Å²) in [5.74, 6) is -1.73. The summed E-state index contributed by atoms with van der Waals surface area (Å²) < 4.78 is 1.23. The molecule has 0 saturated carbocycles. The molecule has 1 saturated heterocycles. The highest BCUT2D eigenvalue weighted by Crippen LogP contribution is 2.39. The maximum Gasteiger partial charge on any atom is 0.237 e. The minimum absolute atomic E-state index is 0.219. The highest BCUT2D eigenvalue weighted by molar-refractivity contribution is 9.11. The van der Waals surface area contributed by atoms with Gasteiger partial charge in [-0.1, -0.05) is 39.1 Å². The van der Waals surface area contributed by atoms with Crippen molar-refractivity contribution in [3.05, 3.63) is 26.0 Å². The third kappa shape index (κ3) is 3.06. The SMILES string of the molecule is CN1C[C@H](C2=C(Br)C(Cl)NN2C)[C@@H](C(=O)Nc2ccsc2Cl)C1=O. The number of nitrogens with zero attached hydrogens (tertiary/aromatic N) is 2. The Kier molecular flexibility index (Phi) is 5.13. The van der Waals surface area contributed by atoms with E-state index < -0.39 is 11.4 Å². The van der Waals surface area contributed by atoms with Gasteiger partial charge in [0.2, 0.25) is 11.8 Å². The summed E-state index contributed by atoms with van der Waals surface area (Å²) in [6, 6.07) is 1.72. The molecule has 0 radical (unpaired) electrons. The number of halogens is 3. The number of anilines is 1. The molecule has 10 heteroatoms. The molecule has 2 amide bonds. The van der Waals surface area contributed by atoms with Crippen LogP contribution in [-0.2, 0) is 9.59 Å². The van der Waals surface area contributed by atoms with Crippen molar-refractivity contribution in [3.8, 4) is 0 Å². The van der Waals surface area contributed by atoms with Crippen LogP contribution < -0.4 is 10.7 Å². The lowest BCUT2D eigenvalue weighted by Gasteiger charge is -2.24. The van der Waals surface area contributed by atoms with Gasteiger partial charge in [-0.3, -0.25) is 9.59 Å². The van der Waals surface area contributed by atoms with Crippen molar-refractivity contribution in [1.29, 1.82) is 0 Å². The predicted octanol–water partition coefficient (Wildman–Crippen LogP) is 2.67. The average molecular weight is 454 g/mol. The highest BCUT2D eigenvalue weighted by atomic mass is 79.9. The van der Waals surface area contributed by atoms with Gasteiger partial charge >= 0.3 is 0 Å². The lowest BCUT2D eigenvalue weighted by atomic mass is 9.91. The molecule has 1 unspecified atom stereocenters. The van der Waals surface area contributed by atoms with E-state index in [-0.39, 0.29) is 17.7 Å². The number of carbonyl (C=O) groups is 2. The molecule has 3 rings (SSSR count). The number of alkyl halides is 1. The van der Waals surface area contributed by atoms with Crippen molar-refractivity contribution in [2.75, 3.05) is 26.0 Å². The smallest absolute Gasteiger partial charge is 0.237 e. The molecule has 2 aliphatic rings. The van der Waals surface area contributed by atoms with Crippen LogP contribution in [0.4, 0.5) is 5.69 Å². The molecule has 24 heavy (non-hydrogen) atoms. The van der Waals surface area contributed by atoms with Crippen LogP contribution in [0.1, 0.15) is 0 Å². The fraction of sp³-hybridized carbons (Fsp3) is 0.429. The molecule has 0 aromatic carbocycles. The number of hydrogen-bond donors (Lipinski definition) is 2. The number of amides is 2. The molecular formula is C14H15BrCl2N4O2S. The fourth-order valence-corrected chi connectivity index (χ4v) is 4.80. The summed E-state index contributed by atoms with van der Waals surface area (Å²) >= 11 is 17.0. The largest absolute Gasteiger partial charge is 0.344 e. The molecule has 1 aromatic heterocycles. The van der Waals surface area contributed by atoms with E-state index in [1.807, 2.05) is 7.05 Å². The van der Waals surface area contributed by atoms with Crippen LogP contribution in [-0.4, -0.2) is 47.9 Å². The second-order valence-electron chi connectivity index (χ2n) is 5.68. The van der Waals surface area contributed by atoms with E-state index in [0.717, 1.165) is 10.2 Å². The van der Waals surface area contributed by atoms with Gasteiger partial charge in [-0.25, -0.2) is 5.43 Å². The first kappa shape index (κ1) is 18.0. The minimum Gasteiger partial charge on any atom is -0.344 e. The zero-order valence-corrected chi connectivity index (χ0v) is 16.8. The van der Waals surface area contributed by atoms with Crippen LogP contribution in [0.5, 0.6) is 0 Å². The summed E-state index contributed by atoms with van der Waals surface area (Å²) in [6.45, 7) is 0.439. The van der Waals surface area contributed by atoms with E-state index in [4.69, 9.17) is 23.2 Å². The molecule has 3 heterocycles. The summed E-state index contributed by atoms with van der Waals surface area (Å²) in [5.41, 5.74) is 3.95. The second-order valence-corrected chi connectivity index (χ2v) is 8.49. The third-order valence-corrected chi connectivity index (χ3v) is 6.77. The number of nitrogens with one attached hydrogen (secondary N) is 2. The van der Waals surface area contributed by atoms with Gasteiger partial charge in [0.05, 0.1) is 5.69 Å². The Morgan fingerprint density at radius 3 is 2.75 bits per heavy atom. The molecule has 0 bridgehead atoms. The third-order valence-electron chi connectivity index (χ3n) is 4.16. The Bertz CT molecular complexity index is 725. The molecule has 2 aliphatic heterocycles. The van der Waals surface area contributed by atoms with Gasteiger partial charge in [-0.2, -0.15) is 0 Å². The summed E-state index contributed by atoms with van der Waals surface area (Å²) in [7, 11) is 3.50. The molecular weight excluding hydrogens is 439 g/mol. The first-order chi connectivity index (χ1) is 11.3. The number of likely N-dealkylation sites (tertiary alicyclic amines) is 1. The van der Waals surface area contributed by atoms with Crippen molar-refractivity contribution in [2.24, 2.45) is 11.8 Å². The molecule has 1 fully saturated rings. The topological polar surface area (TPSA) is 64.7 Å².